The Kier molecular flexibility index (Phi) is 2.48. The molecule has 0 radical (unpaired) electrons. The van der Waals surface area contributed by atoms with Crippen LogP contribution < -0.4 is 11.5 Å². The van der Waals surface area contributed by atoms with Crippen molar-refractivity contribution in [3.8, 4) is 0 Å². The van der Waals surface area contributed by atoms with Crippen molar-refractivity contribution >= 4 is 5.91 Å². The minimum absolute atomic E-state index is 0.223. The van der Waals surface area contributed by atoms with Gasteiger partial charge in [-0.25, -0.2) is 0 Å². The average Bonchev–Trinajstić information content (AvgIpc) is 2.40. The third-order valence-corrected chi connectivity index (χ3v) is 1.65. The van der Waals surface area contributed by atoms with Crippen LogP contribution in [0, 0.1) is 5.92 Å². The van der Waals surface area contributed by atoms with E-state index in [1.54, 1.807) is 0 Å². The van der Waals surface area contributed by atoms with Crippen LogP contribution in [-0.2, 0) is 9.53 Å². The van der Waals surface area contributed by atoms with E-state index < -0.39 is 11.8 Å². The van der Waals surface area contributed by atoms with Gasteiger partial charge in [0.05, 0.1) is 6.61 Å². The molecule has 1 atom stereocenters. The summed E-state index contributed by atoms with van der Waals surface area (Å²) in [4.78, 5) is 10.7. The van der Waals surface area contributed by atoms with Crippen molar-refractivity contribution < 1.29 is 9.53 Å². The van der Waals surface area contributed by atoms with Gasteiger partial charge >= 0.3 is 0 Å². The number of ether oxygens (including phenoxy) is 1. The highest BCUT2D eigenvalue weighted by atomic mass is 16.5. The molecular weight excluding hydrogens is 144 g/mol. The van der Waals surface area contributed by atoms with Crippen molar-refractivity contribution in [3.63, 3.8) is 0 Å². The second-order valence-corrected chi connectivity index (χ2v) is 2.43. The molecule has 4 nitrogen and oxygen atoms in total. The van der Waals surface area contributed by atoms with Crippen LogP contribution in [0.25, 0.3) is 0 Å². The lowest BCUT2D eigenvalue weighted by Crippen LogP contribution is -2.31. The zero-order chi connectivity index (χ0) is 8.27. The molecule has 1 unspecified atom stereocenters. The Morgan fingerprint density at radius 1 is 1.82 bits per heavy atom. The van der Waals surface area contributed by atoms with Gasteiger partial charge in [-0.3, -0.25) is 4.79 Å². The quantitative estimate of drug-likeness (QED) is 0.570. The summed E-state index contributed by atoms with van der Waals surface area (Å²) in [6.45, 7) is 0.861. The maximum atomic E-state index is 10.7. The molecule has 0 aliphatic carbocycles. The van der Waals surface area contributed by atoms with Crippen LogP contribution in [0.2, 0.25) is 0 Å². The van der Waals surface area contributed by atoms with Crippen LogP contribution in [0.4, 0.5) is 0 Å². The number of hydrogen-bond acceptors (Lipinski definition) is 3. The number of rotatable bonds is 3. The van der Waals surface area contributed by atoms with Crippen LogP contribution in [0.3, 0.4) is 0 Å². The van der Waals surface area contributed by atoms with E-state index in [-0.39, 0.29) is 6.54 Å². The average molecular weight is 156 g/mol. The van der Waals surface area contributed by atoms with Crippen LogP contribution >= 0.6 is 0 Å². The molecule has 11 heavy (non-hydrogen) atoms. The van der Waals surface area contributed by atoms with Gasteiger partial charge in [-0.05, 0) is 6.08 Å². The van der Waals surface area contributed by atoms with E-state index in [0.717, 1.165) is 6.42 Å². The van der Waals surface area contributed by atoms with E-state index >= 15 is 0 Å². The molecule has 0 saturated carbocycles. The van der Waals surface area contributed by atoms with E-state index in [4.69, 9.17) is 16.2 Å². The lowest BCUT2D eigenvalue weighted by Gasteiger charge is -2.11. The van der Waals surface area contributed by atoms with Crippen molar-refractivity contribution in [1.29, 1.82) is 0 Å². The zero-order valence-corrected chi connectivity index (χ0v) is 6.25. The Bertz CT molecular complexity index is 189. The number of carbonyl (C=O) groups excluding carboxylic acids is 1. The summed E-state index contributed by atoms with van der Waals surface area (Å²) in [5.41, 5.74) is 10.4. The molecule has 1 heterocycles. The summed E-state index contributed by atoms with van der Waals surface area (Å²) in [5.74, 6) is -0.210. The second-order valence-electron chi connectivity index (χ2n) is 2.43. The Balaban J connectivity index is 2.61. The van der Waals surface area contributed by atoms with E-state index in [9.17, 15) is 4.79 Å². The molecule has 0 aromatic rings. The van der Waals surface area contributed by atoms with Gasteiger partial charge in [0.2, 0.25) is 5.91 Å². The first kappa shape index (κ1) is 8.07. The minimum Gasteiger partial charge on any atom is -0.497 e. The first-order chi connectivity index (χ1) is 5.25. The SMILES string of the molecule is NCC(C(N)=O)C1=CCCO1. The van der Waals surface area contributed by atoms with Gasteiger partial charge in [-0.2, -0.15) is 0 Å². The molecule has 4 heteroatoms. The van der Waals surface area contributed by atoms with Gasteiger partial charge in [0.1, 0.15) is 11.7 Å². The van der Waals surface area contributed by atoms with E-state index in [0.29, 0.717) is 12.4 Å². The summed E-state index contributed by atoms with van der Waals surface area (Å²) >= 11 is 0. The van der Waals surface area contributed by atoms with Gasteiger partial charge in [-0.1, -0.05) is 0 Å². The van der Waals surface area contributed by atoms with Crippen LogP contribution in [0.15, 0.2) is 11.8 Å². The summed E-state index contributed by atoms with van der Waals surface area (Å²) in [7, 11) is 0. The number of amides is 1. The molecule has 0 fully saturated rings. The Morgan fingerprint density at radius 2 is 2.55 bits per heavy atom. The third-order valence-electron chi connectivity index (χ3n) is 1.65. The lowest BCUT2D eigenvalue weighted by atomic mass is 10.1. The van der Waals surface area contributed by atoms with E-state index in [2.05, 4.69) is 0 Å². The summed E-state index contributed by atoms with van der Waals surface area (Å²) in [5, 5.41) is 0. The van der Waals surface area contributed by atoms with Crippen molar-refractivity contribution in [2.45, 2.75) is 6.42 Å². The predicted molar refractivity (Wildman–Crippen MR) is 40.4 cm³/mol. The highest BCUT2D eigenvalue weighted by Gasteiger charge is 2.22. The Morgan fingerprint density at radius 3 is 2.91 bits per heavy atom. The first-order valence-electron chi connectivity index (χ1n) is 3.58. The highest BCUT2D eigenvalue weighted by molar-refractivity contribution is 5.79. The molecule has 4 N–H and O–H groups in total. The fourth-order valence-corrected chi connectivity index (χ4v) is 1.05. The van der Waals surface area contributed by atoms with Gasteiger partial charge < -0.3 is 16.2 Å². The molecule has 0 bridgehead atoms. The zero-order valence-electron chi connectivity index (χ0n) is 6.25. The molecule has 1 aliphatic heterocycles. The third kappa shape index (κ3) is 1.71. The number of nitrogens with two attached hydrogens (primary N) is 2. The van der Waals surface area contributed by atoms with Crippen molar-refractivity contribution in [3.05, 3.63) is 11.8 Å². The van der Waals surface area contributed by atoms with Crippen LogP contribution in [0.1, 0.15) is 6.42 Å². The van der Waals surface area contributed by atoms with E-state index in [1.165, 1.54) is 0 Å². The molecule has 0 spiro atoms. The number of carbonyl (C=O) groups is 1. The summed E-state index contributed by atoms with van der Waals surface area (Å²) in [6, 6.07) is 0. The molecule has 0 saturated heterocycles. The Hall–Kier alpha value is -1.03. The van der Waals surface area contributed by atoms with Crippen LogP contribution in [-0.4, -0.2) is 19.1 Å². The lowest BCUT2D eigenvalue weighted by molar-refractivity contribution is -0.121. The van der Waals surface area contributed by atoms with Crippen molar-refractivity contribution in [1.82, 2.24) is 0 Å². The molecule has 1 aliphatic rings. The Labute approximate surface area is 65.2 Å². The van der Waals surface area contributed by atoms with Crippen LogP contribution in [0.5, 0.6) is 0 Å². The minimum atomic E-state index is -0.433. The van der Waals surface area contributed by atoms with Gasteiger partial charge in [-0.15, -0.1) is 0 Å². The topological polar surface area (TPSA) is 78.3 Å². The van der Waals surface area contributed by atoms with Gasteiger partial charge in [0.15, 0.2) is 0 Å². The fraction of sp³-hybridized carbons (Fsp3) is 0.571. The summed E-state index contributed by atoms with van der Waals surface area (Å²) < 4.78 is 5.15. The number of primary amides is 1. The fourth-order valence-electron chi connectivity index (χ4n) is 1.05. The monoisotopic (exact) mass is 156 g/mol. The van der Waals surface area contributed by atoms with E-state index in [1.807, 2.05) is 6.08 Å². The molecule has 1 rings (SSSR count). The van der Waals surface area contributed by atoms with Crippen molar-refractivity contribution in [2.24, 2.45) is 17.4 Å². The smallest absolute Gasteiger partial charge is 0.229 e. The van der Waals surface area contributed by atoms with Gasteiger partial charge in [0.25, 0.3) is 0 Å². The normalized spacial score (nSPS) is 18.8. The van der Waals surface area contributed by atoms with Crippen molar-refractivity contribution in [2.75, 3.05) is 13.2 Å². The largest absolute Gasteiger partial charge is 0.497 e. The summed E-state index contributed by atoms with van der Waals surface area (Å²) in [6.07, 6.45) is 2.71. The molecule has 1 amide bonds. The second kappa shape index (κ2) is 3.39. The highest BCUT2D eigenvalue weighted by Crippen LogP contribution is 2.17. The standard InChI is InChI=1S/C7H12N2O2/c8-4-5(7(9)10)6-2-1-3-11-6/h2,5H,1,3-4,8H2,(H2,9,10). The first-order valence-corrected chi connectivity index (χ1v) is 3.58. The molecule has 62 valence electrons. The number of hydrogen-bond donors (Lipinski definition) is 2. The molecular formula is C7H12N2O2. The maximum Gasteiger partial charge on any atom is 0.229 e. The maximum absolute atomic E-state index is 10.7. The van der Waals surface area contributed by atoms with Gasteiger partial charge in [0, 0.05) is 13.0 Å². The predicted octanol–water partition coefficient (Wildman–Crippen LogP) is -0.649. The molecule has 0 aromatic carbocycles. The molecule has 0 aromatic heterocycles.